The summed E-state index contributed by atoms with van der Waals surface area (Å²) in [4.78, 5) is 12.3. The molecule has 0 aliphatic carbocycles. The van der Waals surface area contributed by atoms with Crippen molar-refractivity contribution in [2.24, 2.45) is 5.92 Å². The number of amides is 1. The van der Waals surface area contributed by atoms with Crippen LogP contribution in [-0.2, 0) is 4.79 Å². The third kappa shape index (κ3) is 4.56. The van der Waals surface area contributed by atoms with Gasteiger partial charge in [-0.15, -0.1) is 0 Å². The average molecular weight is 410 g/mol. The Morgan fingerprint density at radius 1 is 1.27 bits per heavy atom. The molecule has 3 rings (SSSR count). The van der Waals surface area contributed by atoms with E-state index in [0.29, 0.717) is 23.8 Å². The number of fused-ring (bicyclic) bond motifs is 1. The van der Waals surface area contributed by atoms with Crippen molar-refractivity contribution >= 4 is 22.4 Å². The van der Waals surface area contributed by atoms with E-state index < -0.39 is 0 Å². The van der Waals surface area contributed by atoms with Gasteiger partial charge in [-0.3, -0.25) is 4.79 Å². The Labute approximate surface area is 176 Å². The largest absolute Gasteiger partial charge is 0.496 e. The summed E-state index contributed by atoms with van der Waals surface area (Å²) in [6, 6.07) is 8.28. The molecule has 0 aliphatic rings. The van der Waals surface area contributed by atoms with Gasteiger partial charge in [-0.25, -0.2) is 4.39 Å². The predicted octanol–water partition coefficient (Wildman–Crippen LogP) is 6.12. The molecule has 2 aromatic carbocycles. The highest BCUT2D eigenvalue weighted by molar-refractivity contribution is 6.01. The molecule has 0 unspecified atom stereocenters. The number of methoxy groups -OCH3 is 1. The van der Waals surface area contributed by atoms with E-state index in [2.05, 4.69) is 19.2 Å². The Balaban J connectivity index is 2.03. The SMILES string of the molecule is COc1c(/C(C)=C/C(=O)NCCC(C)C)cc2c(-c3ccc(F)cc3)coc2c1C. The van der Waals surface area contributed by atoms with Crippen LogP contribution in [0.1, 0.15) is 38.3 Å². The van der Waals surface area contributed by atoms with Crippen LogP contribution < -0.4 is 10.1 Å². The second-order valence-electron chi connectivity index (χ2n) is 7.92. The molecule has 0 radical (unpaired) electrons. The number of nitrogens with one attached hydrogen (secondary N) is 1. The van der Waals surface area contributed by atoms with Gasteiger partial charge in [0.2, 0.25) is 5.91 Å². The van der Waals surface area contributed by atoms with Gasteiger partial charge in [0.05, 0.1) is 13.4 Å². The van der Waals surface area contributed by atoms with E-state index >= 15 is 0 Å². The monoisotopic (exact) mass is 409 g/mol. The molecule has 5 heteroatoms. The van der Waals surface area contributed by atoms with Crippen molar-refractivity contribution in [2.45, 2.75) is 34.1 Å². The molecular weight excluding hydrogens is 381 g/mol. The standard InChI is InChI=1S/C25H28FNO3/c1-15(2)10-11-27-23(28)12-16(3)20-13-21-22(18-6-8-19(26)9-7-18)14-30-25(21)17(4)24(20)29-5/h6-9,12-15H,10-11H2,1-5H3,(H,27,28)/b16-12+. The molecular formula is C25H28FNO3. The quantitative estimate of drug-likeness (QED) is 0.478. The zero-order chi connectivity index (χ0) is 21.8. The van der Waals surface area contributed by atoms with Crippen LogP contribution in [0.25, 0.3) is 27.7 Å². The van der Waals surface area contributed by atoms with Crippen LogP contribution in [-0.4, -0.2) is 19.6 Å². The third-order valence-corrected chi connectivity index (χ3v) is 5.20. The molecule has 1 aromatic heterocycles. The van der Waals surface area contributed by atoms with Gasteiger partial charge in [0.1, 0.15) is 17.1 Å². The Morgan fingerprint density at radius 3 is 2.60 bits per heavy atom. The Kier molecular flexibility index (Phi) is 6.60. The van der Waals surface area contributed by atoms with Gasteiger partial charge in [-0.2, -0.15) is 0 Å². The number of furan rings is 1. The van der Waals surface area contributed by atoms with E-state index in [-0.39, 0.29) is 11.7 Å². The lowest BCUT2D eigenvalue weighted by Crippen LogP contribution is -2.23. The van der Waals surface area contributed by atoms with Crippen LogP contribution in [0.3, 0.4) is 0 Å². The van der Waals surface area contributed by atoms with Crippen molar-refractivity contribution in [3.63, 3.8) is 0 Å². The summed E-state index contributed by atoms with van der Waals surface area (Å²) in [6.07, 6.45) is 4.20. The zero-order valence-electron chi connectivity index (χ0n) is 18.1. The van der Waals surface area contributed by atoms with Crippen LogP contribution in [0.4, 0.5) is 4.39 Å². The fourth-order valence-corrected chi connectivity index (χ4v) is 3.53. The summed E-state index contributed by atoms with van der Waals surface area (Å²) in [5.74, 6) is 0.795. The topological polar surface area (TPSA) is 51.5 Å². The average Bonchev–Trinajstić information content (AvgIpc) is 3.12. The van der Waals surface area contributed by atoms with Crippen LogP contribution in [0.5, 0.6) is 5.75 Å². The van der Waals surface area contributed by atoms with Crippen molar-refractivity contribution in [2.75, 3.05) is 13.7 Å². The first-order valence-electron chi connectivity index (χ1n) is 10.1. The Bertz CT molecular complexity index is 1080. The number of benzene rings is 2. The molecule has 0 saturated heterocycles. The van der Waals surface area contributed by atoms with Crippen molar-refractivity contribution in [3.05, 3.63) is 59.6 Å². The maximum atomic E-state index is 13.3. The number of halogens is 1. The lowest BCUT2D eigenvalue weighted by Gasteiger charge is -2.13. The minimum absolute atomic E-state index is 0.126. The summed E-state index contributed by atoms with van der Waals surface area (Å²) < 4.78 is 24.8. The summed E-state index contributed by atoms with van der Waals surface area (Å²) >= 11 is 0. The molecule has 1 heterocycles. The number of ether oxygens (including phenoxy) is 1. The Morgan fingerprint density at radius 2 is 1.97 bits per heavy atom. The molecule has 0 spiro atoms. The lowest BCUT2D eigenvalue weighted by atomic mass is 9.96. The first kappa shape index (κ1) is 21.6. The van der Waals surface area contributed by atoms with Gasteiger partial charge in [0, 0.05) is 34.7 Å². The highest BCUT2D eigenvalue weighted by Crippen LogP contribution is 2.40. The number of allylic oxidation sites excluding steroid dienone is 1. The van der Waals surface area contributed by atoms with Crippen LogP contribution in [0, 0.1) is 18.7 Å². The molecule has 0 fully saturated rings. The number of rotatable bonds is 7. The molecule has 0 bridgehead atoms. The second kappa shape index (κ2) is 9.16. The molecule has 1 N–H and O–H groups in total. The van der Waals surface area contributed by atoms with E-state index in [9.17, 15) is 9.18 Å². The van der Waals surface area contributed by atoms with E-state index in [4.69, 9.17) is 9.15 Å². The molecule has 158 valence electrons. The van der Waals surface area contributed by atoms with Crippen molar-refractivity contribution in [3.8, 4) is 16.9 Å². The molecule has 30 heavy (non-hydrogen) atoms. The summed E-state index contributed by atoms with van der Waals surface area (Å²) in [6.45, 7) is 8.72. The summed E-state index contributed by atoms with van der Waals surface area (Å²) in [5.41, 5.74) is 4.91. The van der Waals surface area contributed by atoms with E-state index in [1.165, 1.54) is 12.1 Å². The highest BCUT2D eigenvalue weighted by Gasteiger charge is 2.18. The van der Waals surface area contributed by atoms with Crippen molar-refractivity contribution in [1.82, 2.24) is 5.32 Å². The molecule has 4 nitrogen and oxygen atoms in total. The third-order valence-electron chi connectivity index (χ3n) is 5.20. The second-order valence-corrected chi connectivity index (χ2v) is 7.92. The first-order chi connectivity index (χ1) is 14.3. The molecule has 0 aliphatic heterocycles. The number of hydrogen-bond donors (Lipinski definition) is 1. The highest BCUT2D eigenvalue weighted by atomic mass is 19.1. The Hall–Kier alpha value is -3.08. The van der Waals surface area contributed by atoms with Crippen molar-refractivity contribution in [1.29, 1.82) is 0 Å². The normalized spacial score (nSPS) is 11.9. The maximum Gasteiger partial charge on any atom is 0.244 e. The zero-order valence-corrected chi connectivity index (χ0v) is 18.1. The number of carbonyl (C=O) groups excluding carboxylic acids is 1. The van der Waals surface area contributed by atoms with Gasteiger partial charge >= 0.3 is 0 Å². The van der Waals surface area contributed by atoms with Crippen LogP contribution >= 0.6 is 0 Å². The van der Waals surface area contributed by atoms with Crippen LogP contribution in [0.15, 0.2) is 47.1 Å². The molecule has 0 saturated carbocycles. The minimum atomic E-state index is -0.285. The predicted molar refractivity (Wildman–Crippen MR) is 119 cm³/mol. The van der Waals surface area contributed by atoms with Crippen LogP contribution in [0.2, 0.25) is 0 Å². The van der Waals surface area contributed by atoms with Gasteiger partial charge in [-0.05, 0) is 55.5 Å². The lowest BCUT2D eigenvalue weighted by molar-refractivity contribution is -0.116. The summed E-state index contributed by atoms with van der Waals surface area (Å²) in [5, 5.41) is 3.82. The van der Waals surface area contributed by atoms with Crippen molar-refractivity contribution < 1.29 is 18.3 Å². The van der Waals surface area contributed by atoms with Gasteiger partial charge in [0.15, 0.2) is 0 Å². The fraction of sp³-hybridized carbons (Fsp3) is 0.320. The fourth-order valence-electron chi connectivity index (χ4n) is 3.53. The van der Waals surface area contributed by atoms with Gasteiger partial charge < -0.3 is 14.5 Å². The minimum Gasteiger partial charge on any atom is -0.496 e. The number of aryl methyl sites for hydroxylation is 1. The first-order valence-corrected chi connectivity index (χ1v) is 10.1. The van der Waals surface area contributed by atoms with Gasteiger partial charge in [0.25, 0.3) is 0 Å². The number of carbonyl (C=O) groups is 1. The van der Waals surface area contributed by atoms with E-state index in [1.54, 1.807) is 31.6 Å². The molecule has 0 atom stereocenters. The summed E-state index contributed by atoms with van der Waals surface area (Å²) in [7, 11) is 1.61. The smallest absolute Gasteiger partial charge is 0.244 e. The van der Waals surface area contributed by atoms with E-state index in [1.807, 2.05) is 19.9 Å². The number of hydrogen-bond acceptors (Lipinski definition) is 3. The van der Waals surface area contributed by atoms with Gasteiger partial charge in [-0.1, -0.05) is 26.0 Å². The van der Waals surface area contributed by atoms with E-state index in [0.717, 1.165) is 39.6 Å². The molecule has 3 aromatic rings. The maximum absolute atomic E-state index is 13.3. The molecule has 1 amide bonds.